The minimum Gasteiger partial charge on any atom is -0.481 e. The second-order valence-electron chi connectivity index (χ2n) is 4.53. The molecule has 0 saturated carbocycles. The SMILES string of the molecule is CCC1(C(=O)O)CCN(C/C=C(\C)Br)CC1. The van der Waals surface area contributed by atoms with Crippen molar-refractivity contribution in [3.05, 3.63) is 10.6 Å². The maximum Gasteiger partial charge on any atom is 0.309 e. The Kier molecular flexibility index (Phi) is 4.99. The van der Waals surface area contributed by atoms with E-state index in [-0.39, 0.29) is 0 Å². The standard InChI is InChI=1S/C12H20BrNO2/c1-3-12(11(15)16)5-8-14(9-6-12)7-4-10(2)13/h4H,3,5-9H2,1-2H3,(H,15,16)/b10-4+. The highest BCUT2D eigenvalue weighted by molar-refractivity contribution is 9.11. The molecule has 0 atom stereocenters. The van der Waals surface area contributed by atoms with Gasteiger partial charge in [-0.25, -0.2) is 0 Å². The molecule has 1 saturated heterocycles. The Morgan fingerprint density at radius 1 is 1.50 bits per heavy atom. The van der Waals surface area contributed by atoms with Crippen molar-refractivity contribution < 1.29 is 9.90 Å². The zero-order chi connectivity index (χ0) is 12.2. The molecule has 4 heteroatoms. The first-order chi connectivity index (χ1) is 7.50. The highest BCUT2D eigenvalue weighted by atomic mass is 79.9. The first-order valence-corrected chi connectivity index (χ1v) is 6.57. The summed E-state index contributed by atoms with van der Waals surface area (Å²) in [6.07, 6.45) is 4.41. The minimum absolute atomic E-state index is 0.469. The average molecular weight is 290 g/mol. The number of likely N-dealkylation sites (tertiary alicyclic amines) is 1. The minimum atomic E-state index is -0.623. The number of halogens is 1. The quantitative estimate of drug-likeness (QED) is 0.865. The molecule has 0 aliphatic carbocycles. The Bertz CT molecular complexity index is 277. The number of carboxylic acids is 1. The second kappa shape index (κ2) is 5.82. The third-order valence-electron chi connectivity index (χ3n) is 3.57. The summed E-state index contributed by atoms with van der Waals surface area (Å²) in [5.74, 6) is -0.623. The molecule has 1 rings (SSSR count). The van der Waals surface area contributed by atoms with Gasteiger partial charge in [0.15, 0.2) is 0 Å². The van der Waals surface area contributed by atoms with Crippen LogP contribution in [-0.2, 0) is 4.79 Å². The van der Waals surface area contributed by atoms with E-state index in [4.69, 9.17) is 0 Å². The van der Waals surface area contributed by atoms with E-state index < -0.39 is 11.4 Å². The van der Waals surface area contributed by atoms with Gasteiger partial charge >= 0.3 is 5.97 Å². The zero-order valence-corrected chi connectivity index (χ0v) is 11.6. The molecule has 1 heterocycles. The largest absolute Gasteiger partial charge is 0.481 e. The molecule has 0 amide bonds. The van der Waals surface area contributed by atoms with Gasteiger partial charge in [-0.2, -0.15) is 0 Å². The number of rotatable bonds is 4. The predicted octanol–water partition coefficient (Wildman–Crippen LogP) is 2.86. The monoisotopic (exact) mass is 289 g/mol. The van der Waals surface area contributed by atoms with Gasteiger partial charge in [0, 0.05) is 6.54 Å². The van der Waals surface area contributed by atoms with Crippen LogP contribution >= 0.6 is 15.9 Å². The first kappa shape index (κ1) is 13.7. The molecule has 92 valence electrons. The van der Waals surface area contributed by atoms with Crippen LogP contribution in [0.15, 0.2) is 10.6 Å². The third-order valence-corrected chi connectivity index (χ3v) is 3.90. The number of hydrogen-bond acceptors (Lipinski definition) is 2. The summed E-state index contributed by atoms with van der Waals surface area (Å²) < 4.78 is 1.14. The van der Waals surface area contributed by atoms with Crippen molar-refractivity contribution in [1.29, 1.82) is 0 Å². The predicted molar refractivity (Wildman–Crippen MR) is 68.7 cm³/mol. The van der Waals surface area contributed by atoms with Crippen LogP contribution in [0.5, 0.6) is 0 Å². The Morgan fingerprint density at radius 3 is 2.44 bits per heavy atom. The zero-order valence-electron chi connectivity index (χ0n) is 10.0. The van der Waals surface area contributed by atoms with Gasteiger partial charge in [0.25, 0.3) is 0 Å². The molecule has 3 nitrogen and oxygen atoms in total. The number of carboxylic acid groups (broad SMARTS) is 1. The van der Waals surface area contributed by atoms with Crippen LogP contribution in [0.2, 0.25) is 0 Å². The maximum absolute atomic E-state index is 11.2. The maximum atomic E-state index is 11.2. The molecule has 1 aliphatic heterocycles. The van der Waals surface area contributed by atoms with Crippen LogP contribution in [0, 0.1) is 5.41 Å². The fourth-order valence-electron chi connectivity index (χ4n) is 2.14. The molecular formula is C12H20BrNO2. The van der Waals surface area contributed by atoms with E-state index in [0.29, 0.717) is 0 Å². The molecule has 1 aliphatic rings. The van der Waals surface area contributed by atoms with E-state index in [9.17, 15) is 9.90 Å². The molecular weight excluding hydrogens is 270 g/mol. The van der Waals surface area contributed by atoms with Gasteiger partial charge in [-0.1, -0.05) is 28.9 Å². The molecule has 0 aromatic heterocycles. The molecule has 16 heavy (non-hydrogen) atoms. The highest BCUT2D eigenvalue weighted by Gasteiger charge is 2.39. The number of hydrogen-bond donors (Lipinski definition) is 1. The van der Waals surface area contributed by atoms with E-state index >= 15 is 0 Å². The van der Waals surface area contributed by atoms with Gasteiger partial charge in [0.2, 0.25) is 0 Å². The summed E-state index contributed by atoms with van der Waals surface area (Å²) in [6.45, 7) is 6.67. The van der Waals surface area contributed by atoms with Crippen LogP contribution in [0.1, 0.15) is 33.1 Å². The Morgan fingerprint density at radius 2 is 2.06 bits per heavy atom. The smallest absolute Gasteiger partial charge is 0.309 e. The lowest BCUT2D eigenvalue weighted by atomic mass is 9.76. The van der Waals surface area contributed by atoms with E-state index in [2.05, 4.69) is 26.9 Å². The van der Waals surface area contributed by atoms with Crippen molar-refractivity contribution in [2.75, 3.05) is 19.6 Å². The molecule has 0 unspecified atom stereocenters. The van der Waals surface area contributed by atoms with Crippen molar-refractivity contribution >= 4 is 21.9 Å². The van der Waals surface area contributed by atoms with E-state index in [1.807, 2.05) is 13.8 Å². The number of aliphatic carboxylic acids is 1. The van der Waals surface area contributed by atoms with Crippen molar-refractivity contribution in [3.63, 3.8) is 0 Å². The summed E-state index contributed by atoms with van der Waals surface area (Å²) in [5.41, 5.74) is -0.469. The highest BCUT2D eigenvalue weighted by Crippen LogP contribution is 2.35. The van der Waals surface area contributed by atoms with Gasteiger partial charge in [-0.05, 0) is 43.8 Å². The van der Waals surface area contributed by atoms with Gasteiger partial charge in [0.1, 0.15) is 0 Å². The van der Waals surface area contributed by atoms with Crippen molar-refractivity contribution in [1.82, 2.24) is 4.90 Å². The summed E-state index contributed by atoms with van der Waals surface area (Å²) >= 11 is 3.40. The van der Waals surface area contributed by atoms with Crippen molar-refractivity contribution in [2.24, 2.45) is 5.41 Å². The number of carbonyl (C=O) groups is 1. The average Bonchev–Trinajstić information content (AvgIpc) is 2.26. The summed E-state index contributed by atoms with van der Waals surface area (Å²) in [7, 11) is 0. The third kappa shape index (κ3) is 3.32. The van der Waals surface area contributed by atoms with Gasteiger partial charge < -0.3 is 5.11 Å². The van der Waals surface area contributed by atoms with Crippen LogP contribution < -0.4 is 0 Å². The summed E-state index contributed by atoms with van der Waals surface area (Å²) in [5, 5.41) is 9.26. The summed E-state index contributed by atoms with van der Waals surface area (Å²) in [4.78, 5) is 13.5. The molecule has 1 N–H and O–H groups in total. The topological polar surface area (TPSA) is 40.5 Å². The molecule has 0 aromatic rings. The number of allylic oxidation sites excluding steroid dienone is 1. The van der Waals surface area contributed by atoms with Crippen LogP contribution in [0.4, 0.5) is 0 Å². The Hall–Kier alpha value is -0.350. The normalized spacial score (nSPS) is 22.1. The van der Waals surface area contributed by atoms with Crippen LogP contribution in [-0.4, -0.2) is 35.6 Å². The molecule has 0 bridgehead atoms. The van der Waals surface area contributed by atoms with E-state index in [1.54, 1.807) is 0 Å². The van der Waals surface area contributed by atoms with Crippen molar-refractivity contribution in [2.45, 2.75) is 33.1 Å². The van der Waals surface area contributed by atoms with E-state index in [0.717, 1.165) is 43.4 Å². The Balaban J connectivity index is 2.50. The van der Waals surface area contributed by atoms with Crippen molar-refractivity contribution in [3.8, 4) is 0 Å². The van der Waals surface area contributed by atoms with Gasteiger partial charge in [-0.3, -0.25) is 9.69 Å². The van der Waals surface area contributed by atoms with Gasteiger partial charge in [-0.15, -0.1) is 0 Å². The van der Waals surface area contributed by atoms with E-state index in [1.165, 1.54) is 0 Å². The molecule has 1 fully saturated rings. The lowest BCUT2D eigenvalue weighted by molar-refractivity contribution is -0.152. The fraction of sp³-hybridized carbons (Fsp3) is 0.750. The molecule has 0 radical (unpaired) electrons. The number of piperidine rings is 1. The van der Waals surface area contributed by atoms with Gasteiger partial charge in [0.05, 0.1) is 5.41 Å². The van der Waals surface area contributed by atoms with Crippen LogP contribution in [0.25, 0.3) is 0 Å². The summed E-state index contributed by atoms with van der Waals surface area (Å²) in [6, 6.07) is 0. The van der Waals surface area contributed by atoms with Crippen LogP contribution in [0.3, 0.4) is 0 Å². The number of nitrogens with zero attached hydrogens (tertiary/aromatic N) is 1. The second-order valence-corrected chi connectivity index (χ2v) is 5.78. The molecule has 0 spiro atoms. The lowest BCUT2D eigenvalue weighted by Crippen LogP contribution is -2.44. The Labute approximate surface area is 106 Å². The molecule has 0 aromatic carbocycles. The fourth-order valence-corrected chi connectivity index (χ4v) is 2.28. The lowest BCUT2D eigenvalue weighted by Gasteiger charge is -2.37. The first-order valence-electron chi connectivity index (χ1n) is 5.78.